The minimum absolute atomic E-state index is 0.299. The number of pyridine rings is 1. The van der Waals surface area contributed by atoms with E-state index in [-0.39, 0.29) is 11.7 Å². The average molecular weight is 381 g/mol. The van der Waals surface area contributed by atoms with E-state index in [0.29, 0.717) is 23.5 Å². The summed E-state index contributed by atoms with van der Waals surface area (Å²) in [4.78, 5) is 32.1. The molecular formula is C15H17BrN4O3. The summed E-state index contributed by atoms with van der Waals surface area (Å²) in [5.74, 6) is -0.117. The topological polar surface area (TPSA) is 74.8 Å². The molecule has 1 unspecified atom stereocenters. The van der Waals surface area contributed by atoms with Gasteiger partial charge >= 0.3 is 0 Å². The molecule has 3 heterocycles. The number of ketones is 1. The maximum absolute atomic E-state index is 12.1. The van der Waals surface area contributed by atoms with Gasteiger partial charge in [-0.3, -0.25) is 9.59 Å². The first kappa shape index (κ1) is 15.9. The van der Waals surface area contributed by atoms with Crippen LogP contribution in [0, 0.1) is 0 Å². The standard InChI is InChI=1S/C15H17BrN4O3/c1-19-9-11(16)14(21)13(15(19)22)18-12-3-2-10(8-17-12)20-4-6-23-7-5-20/h2-3,8-9,13H,4-7H2,1H3,(H,17,18). The van der Waals surface area contributed by atoms with Gasteiger partial charge in [0.05, 0.1) is 29.6 Å². The maximum atomic E-state index is 12.1. The fourth-order valence-electron chi connectivity index (χ4n) is 2.51. The molecule has 0 radical (unpaired) electrons. The van der Waals surface area contributed by atoms with E-state index in [0.717, 1.165) is 18.8 Å². The summed E-state index contributed by atoms with van der Waals surface area (Å²) < 4.78 is 5.69. The number of nitrogens with zero attached hydrogens (tertiary/aromatic N) is 3. The summed E-state index contributed by atoms with van der Waals surface area (Å²) in [6.45, 7) is 3.07. The molecule has 7 nitrogen and oxygen atoms in total. The number of halogens is 1. The Balaban J connectivity index is 1.71. The van der Waals surface area contributed by atoms with Crippen molar-refractivity contribution in [2.24, 2.45) is 0 Å². The van der Waals surface area contributed by atoms with Gasteiger partial charge in [-0.15, -0.1) is 0 Å². The molecule has 1 N–H and O–H groups in total. The summed E-state index contributed by atoms with van der Waals surface area (Å²) in [6, 6.07) is 2.74. The molecule has 23 heavy (non-hydrogen) atoms. The molecule has 0 bridgehead atoms. The summed E-state index contributed by atoms with van der Waals surface area (Å²) in [6.07, 6.45) is 3.21. The molecule has 2 aliphatic rings. The molecule has 1 amide bonds. The third-order valence-electron chi connectivity index (χ3n) is 3.82. The van der Waals surface area contributed by atoms with Crippen LogP contribution in [0.25, 0.3) is 0 Å². The smallest absolute Gasteiger partial charge is 0.257 e. The van der Waals surface area contributed by atoms with E-state index < -0.39 is 6.04 Å². The number of rotatable bonds is 3. The van der Waals surface area contributed by atoms with Crippen LogP contribution in [0.3, 0.4) is 0 Å². The lowest BCUT2D eigenvalue weighted by molar-refractivity contribution is -0.133. The van der Waals surface area contributed by atoms with Gasteiger partial charge in [0.2, 0.25) is 5.78 Å². The second-order valence-corrected chi connectivity index (χ2v) is 6.22. The minimum Gasteiger partial charge on any atom is -0.378 e. The fraction of sp³-hybridized carbons (Fsp3) is 0.400. The summed E-state index contributed by atoms with van der Waals surface area (Å²) >= 11 is 3.18. The molecule has 1 fully saturated rings. The second-order valence-electron chi connectivity index (χ2n) is 5.37. The van der Waals surface area contributed by atoms with Crippen LogP contribution in [0.5, 0.6) is 0 Å². The van der Waals surface area contributed by atoms with Gasteiger partial charge in [0.1, 0.15) is 5.82 Å². The van der Waals surface area contributed by atoms with Crippen molar-refractivity contribution in [3.05, 3.63) is 29.0 Å². The molecule has 1 saturated heterocycles. The van der Waals surface area contributed by atoms with Gasteiger partial charge in [-0.1, -0.05) is 0 Å². The highest BCUT2D eigenvalue weighted by Gasteiger charge is 2.34. The SMILES string of the molecule is CN1C=C(Br)C(=O)C(Nc2ccc(N3CCOCC3)cn2)C1=O. The van der Waals surface area contributed by atoms with Crippen LogP contribution >= 0.6 is 15.9 Å². The number of hydrogen-bond donors (Lipinski definition) is 1. The molecule has 0 aliphatic carbocycles. The van der Waals surface area contributed by atoms with Crippen molar-refractivity contribution in [2.75, 3.05) is 43.6 Å². The van der Waals surface area contributed by atoms with Crippen molar-refractivity contribution in [3.63, 3.8) is 0 Å². The zero-order valence-electron chi connectivity index (χ0n) is 12.7. The Morgan fingerprint density at radius 3 is 2.70 bits per heavy atom. The van der Waals surface area contributed by atoms with Crippen LogP contribution in [0.1, 0.15) is 0 Å². The maximum Gasteiger partial charge on any atom is 0.257 e. The number of amides is 1. The van der Waals surface area contributed by atoms with E-state index >= 15 is 0 Å². The normalized spacial score (nSPS) is 22.2. The monoisotopic (exact) mass is 380 g/mol. The molecule has 1 aromatic rings. The summed E-state index contributed by atoms with van der Waals surface area (Å²) in [5, 5.41) is 2.91. The molecule has 8 heteroatoms. The number of hydrogen-bond acceptors (Lipinski definition) is 6. The molecule has 0 aromatic carbocycles. The lowest BCUT2D eigenvalue weighted by Crippen LogP contribution is -2.47. The third-order valence-corrected chi connectivity index (χ3v) is 4.41. The number of anilines is 2. The van der Waals surface area contributed by atoms with Crippen molar-refractivity contribution in [2.45, 2.75) is 6.04 Å². The first-order valence-corrected chi connectivity index (χ1v) is 8.09. The Bertz CT molecular complexity index is 641. The number of nitrogens with one attached hydrogen (secondary N) is 1. The molecule has 1 atom stereocenters. The highest BCUT2D eigenvalue weighted by molar-refractivity contribution is 9.12. The molecular weight excluding hydrogens is 364 g/mol. The summed E-state index contributed by atoms with van der Waals surface area (Å²) in [5.41, 5.74) is 0.998. The van der Waals surface area contributed by atoms with Gasteiger partial charge in [-0.05, 0) is 28.1 Å². The minimum atomic E-state index is -0.957. The van der Waals surface area contributed by atoms with Gasteiger partial charge in [-0.25, -0.2) is 4.98 Å². The van der Waals surface area contributed by atoms with Crippen LogP contribution in [-0.2, 0) is 14.3 Å². The van der Waals surface area contributed by atoms with Gasteiger partial charge in [0, 0.05) is 26.3 Å². The Labute approximate surface area is 142 Å². The zero-order chi connectivity index (χ0) is 16.4. The number of carbonyl (C=O) groups is 2. The fourth-order valence-corrected chi connectivity index (χ4v) is 3.04. The molecule has 122 valence electrons. The van der Waals surface area contributed by atoms with Gasteiger partial charge in [0.25, 0.3) is 5.91 Å². The van der Waals surface area contributed by atoms with E-state index in [1.165, 1.54) is 11.1 Å². The van der Waals surface area contributed by atoms with Crippen molar-refractivity contribution in [1.29, 1.82) is 0 Å². The number of morpholine rings is 1. The summed E-state index contributed by atoms with van der Waals surface area (Å²) in [7, 11) is 1.61. The highest BCUT2D eigenvalue weighted by Crippen LogP contribution is 2.21. The first-order valence-electron chi connectivity index (χ1n) is 7.30. The predicted molar refractivity (Wildman–Crippen MR) is 89.5 cm³/mol. The van der Waals surface area contributed by atoms with Crippen LogP contribution in [0.15, 0.2) is 29.0 Å². The number of carbonyl (C=O) groups excluding carboxylic acids is 2. The number of likely N-dealkylation sites (N-methyl/N-ethyl adjacent to an activating group) is 1. The predicted octanol–water partition coefficient (Wildman–Crippen LogP) is 0.976. The Hall–Kier alpha value is -1.93. The van der Waals surface area contributed by atoms with Crippen molar-refractivity contribution in [3.8, 4) is 0 Å². The largest absolute Gasteiger partial charge is 0.378 e. The van der Waals surface area contributed by atoms with Crippen LogP contribution in [-0.4, -0.2) is 61.0 Å². The average Bonchev–Trinajstić information content (AvgIpc) is 2.58. The Morgan fingerprint density at radius 1 is 1.30 bits per heavy atom. The van der Waals surface area contributed by atoms with Crippen LogP contribution in [0.2, 0.25) is 0 Å². The van der Waals surface area contributed by atoms with E-state index in [2.05, 4.69) is 31.1 Å². The van der Waals surface area contributed by atoms with E-state index in [4.69, 9.17) is 4.74 Å². The van der Waals surface area contributed by atoms with Crippen LogP contribution in [0.4, 0.5) is 11.5 Å². The quantitative estimate of drug-likeness (QED) is 0.787. The van der Waals surface area contributed by atoms with E-state index in [1.807, 2.05) is 6.07 Å². The number of aromatic nitrogens is 1. The highest BCUT2D eigenvalue weighted by atomic mass is 79.9. The zero-order valence-corrected chi connectivity index (χ0v) is 14.2. The molecule has 3 rings (SSSR count). The molecule has 1 aromatic heterocycles. The number of Topliss-reactive ketones (excluding diaryl/α,β-unsaturated/α-hetero) is 1. The second kappa shape index (κ2) is 6.67. The Morgan fingerprint density at radius 2 is 2.04 bits per heavy atom. The van der Waals surface area contributed by atoms with Gasteiger partial charge < -0.3 is 19.9 Å². The van der Waals surface area contributed by atoms with Crippen molar-refractivity contribution in [1.82, 2.24) is 9.88 Å². The molecule has 0 saturated carbocycles. The lowest BCUT2D eigenvalue weighted by atomic mass is 10.1. The van der Waals surface area contributed by atoms with Crippen molar-refractivity contribution >= 4 is 39.1 Å². The third kappa shape index (κ3) is 3.37. The van der Waals surface area contributed by atoms with Gasteiger partial charge in [0.15, 0.2) is 6.04 Å². The van der Waals surface area contributed by atoms with Gasteiger partial charge in [-0.2, -0.15) is 0 Å². The molecule has 2 aliphatic heterocycles. The van der Waals surface area contributed by atoms with Crippen molar-refractivity contribution < 1.29 is 14.3 Å². The molecule has 0 spiro atoms. The Kier molecular flexibility index (Phi) is 4.63. The lowest BCUT2D eigenvalue weighted by Gasteiger charge is -2.29. The van der Waals surface area contributed by atoms with Crippen LogP contribution < -0.4 is 10.2 Å². The number of ether oxygens (including phenoxy) is 1. The van der Waals surface area contributed by atoms with E-state index in [1.54, 1.807) is 19.3 Å². The van der Waals surface area contributed by atoms with E-state index in [9.17, 15) is 9.59 Å². The first-order chi connectivity index (χ1) is 11.1.